The number of fused-ring (bicyclic) bond motifs is 1. The predicted octanol–water partition coefficient (Wildman–Crippen LogP) is 4.79. The quantitative estimate of drug-likeness (QED) is 0.583. The number of amides is 1. The summed E-state index contributed by atoms with van der Waals surface area (Å²) in [5.74, 6) is -0.315. The zero-order valence-electron chi connectivity index (χ0n) is 13.5. The Labute approximate surface area is 159 Å². The lowest BCUT2D eigenvalue weighted by Crippen LogP contribution is -2.20. The first kappa shape index (κ1) is 18.1. The van der Waals surface area contributed by atoms with E-state index >= 15 is 0 Å². The molecule has 2 aromatic carbocycles. The van der Waals surface area contributed by atoms with Gasteiger partial charge in [-0.3, -0.25) is 4.79 Å². The van der Waals surface area contributed by atoms with E-state index < -0.39 is 0 Å². The van der Waals surface area contributed by atoms with Crippen molar-refractivity contribution in [2.75, 3.05) is 13.2 Å². The number of carbonyl (C=O) groups is 1. The molecule has 0 N–H and O–H groups in total. The van der Waals surface area contributed by atoms with Crippen molar-refractivity contribution in [1.29, 1.82) is 0 Å². The van der Waals surface area contributed by atoms with Crippen LogP contribution in [0.25, 0.3) is 10.2 Å². The highest BCUT2D eigenvalue weighted by Crippen LogP contribution is 2.25. The third-order valence-electron chi connectivity index (χ3n) is 3.60. The van der Waals surface area contributed by atoms with Crippen LogP contribution >= 0.6 is 34.5 Å². The molecule has 3 rings (SSSR count). The van der Waals surface area contributed by atoms with Gasteiger partial charge in [0.1, 0.15) is 0 Å². The molecule has 0 saturated heterocycles. The van der Waals surface area contributed by atoms with Crippen LogP contribution in [0.5, 0.6) is 0 Å². The summed E-state index contributed by atoms with van der Waals surface area (Å²) in [6.07, 6.45) is 0. The summed E-state index contributed by atoms with van der Waals surface area (Å²) in [7, 11) is 0. The molecule has 130 valence electrons. The number of ether oxygens (including phenoxy) is 1. The molecule has 0 spiro atoms. The van der Waals surface area contributed by atoms with E-state index in [0.29, 0.717) is 40.2 Å². The first-order valence-electron chi connectivity index (χ1n) is 7.80. The molecule has 0 bridgehead atoms. The molecule has 4 nitrogen and oxygen atoms in total. The average Bonchev–Trinajstić information content (AvgIpc) is 2.94. The third-order valence-corrected chi connectivity index (χ3v) is 5.20. The number of halogens is 2. The fourth-order valence-electron chi connectivity index (χ4n) is 2.42. The van der Waals surface area contributed by atoms with Crippen molar-refractivity contribution >= 4 is 50.7 Å². The number of rotatable bonds is 5. The van der Waals surface area contributed by atoms with Gasteiger partial charge in [0.2, 0.25) is 0 Å². The van der Waals surface area contributed by atoms with Gasteiger partial charge in [0.15, 0.2) is 4.80 Å². The van der Waals surface area contributed by atoms with E-state index in [1.807, 2.05) is 29.7 Å². The SMILES string of the molecule is CCOCCn1c(=NC(=O)c2ccc(Cl)cc2)sc2cccc(Cl)c21. The molecule has 0 aliphatic carbocycles. The average molecular weight is 395 g/mol. The molecule has 1 heterocycles. The minimum Gasteiger partial charge on any atom is -0.380 e. The number of carbonyl (C=O) groups excluding carboxylic acids is 1. The zero-order chi connectivity index (χ0) is 17.8. The Bertz CT molecular complexity index is 961. The lowest BCUT2D eigenvalue weighted by atomic mass is 10.2. The largest absolute Gasteiger partial charge is 0.380 e. The van der Waals surface area contributed by atoms with Crippen LogP contribution in [-0.2, 0) is 11.3 Å². The number of thiazole rings is 1. The van der Waals surface area contributed by atoms with Crippen LogP contribution in [-0.4, -0.2) is 23.7 Å². The molecule has 1 aromatic heterocycles. The summed E-state index contributed by atoms with van der Waals surface area (Å²) in [6.45, 7) is 3.67. The zero-order valence-corrected chi connectivity index (χ0v) is 15.9. The summed E-state index contributed by atoms with van der Waals surface area (Å²) < 4.78 is 8.37. The highest BCUT2D eigenvalue weighted by atomic mass is 35.5. The molecule has 0 saturated carbocycles. The van der Waals surface area contributed by atoms with Crippen LogP contribution in [0.15, 0.2) is 47.5 Å². The van der Waals surface area contributed by atoms with Gasteiger partial charge in [0.05, 0.1) is 21.8 Å². The van der Waals surface area contributed by atoms with Gasteiger partial charge in [-0.15, -0.1) is 0 Å². The number of para-hydroxylation sites is 1. The topological polar surface area (TPSA) is 43.6 Å². The maximum Gasteiger partial charge on any atom is 0.279 e. The van der Waals surface area contributed by atoms with Gasteiger partial charge in [-0.25, -0.2) is 0 Å². The van der Waals surface area contributed by atoms with E-state index in [2.05, 4.69) is 4.99 Å². The van der Waals surface area contributed by atoms with Crippen LogP contribution in [0, 0.1) is 0 Å². The third kappa shape index (κ3) is 4.12. The summed E-state index contributed by atoms with van der Waals surface area (Å²) in [6, 6.07) is 12.4. The molecule has 25 heavy (non-hydrogen) atoms. The minimum atomic E-state index is -0.315. The maximum atomic E-state index is 12.5. The molecular formula is C18H16Cl2N2O2S. The second-order valence-electron chi connectivity index (χ2n) is 5.24. The van der Waals surface area contributed by atoms with E-state index in [4.69, 9.17) is 27.9 Å². The fraction of sp³-hybridized carbons (Fsp3) is 0.222. The monoisotopic (exact) mass is 394 g/mol. The Hall–Kier alpha value is -1.66. The van der Waals surface area contributed by atoms with Crippen molar-refractivity contribution in [3.8, 4) is 0 Å². The molecule has 0 radical (unpaired) electrons. The van der Waals surface area contributed by atoms with Gasteiger partial charge in [-0.05, 0) is 43.3 Å². The second-order valence-corrected chi connectivity index (χ2v) is 7.10. The van der Waals surface area contributed by atoms with Crippen molar-refractivity contribution in [3.05, 3.63) is 62.9 Å². The van der Waals surface area contributed by atoms with Gasteiger partial charge >= 0.3 is 0 Å². The van der Waals surface area contributed by atoms with Crippen LogP contribution in [0.1, 0.15) is 17.3 Å². The van der Waals surface area contributed by atoms with E-state index in [-0.39, 0.29) is 5.91 Å². The van der Waals surface area contributed by atoms with E-state index in [1.165, 1.54) is 11.3 Å². The van der Waals surface area contributed by atoms with E-state index in [0.717, 1.165) is 10.2 Å². The summed E-state index contributed by atoms with van der Waals surface area (Å²) in [5, 5.41) is 1.21. The van der Waals surface area contributed by atoms with Crippen molar-refractivity contribution in [2.45, 2.75) is 13.5 Å². The standard InChI is InChI=1S/C18H16Cl2N2O2S/c1-2-24-11-10-22-16-14(20)4-3-5-15(16)25-18(22)21-17(23)12-6-8-13(19)9-7-12/h3-9H,2,10-11H2,1H3. The first-order valence-corrected chi connectivity index (χ1v) is 9.37. The molecule has 7 heteroatoms. The summed E-state index contributed by atoms with van der Waals surface area (Å²) in [5.41, 5.74) is 1.36. The Balaban J connectivity index is 2.07. The lowest BCUT2D eigenvalue weighted by Gasteiger charge is -2.06. The van der Waals surface area contributed by atoms with Crippen molar-refractivity contribution in [3.63, 3.8) is 0 Å². The lowest BCUT2D eigenvalue weighted by molar-refractivity contribution is 0.0996. The normalized spacial score (nSPS) is 12.0. The van der Waals surface area contributed by atoms with Crippen LogP contribution in [0.2, 0.25) is 10.0 Å². The Morgan fingerprint density at radius 3 is 2.68 bits per heavy atom. The molecule has 0 aliphatic heterocycles. The van der Waals surface area contributed by atoms with Crippen LogP contribution in [0.4, 0.5) is 0 Å². The molecular weight excluding hydrogens is 379 g/mol. The highest BCUT2D eigenvalue weighted by Gasteiger charge is 2.11. The van der Waals surface area contributed by atoms with E-state index in [1.54, 1.807) is 24.3 Å². The van der Waals surface area contributed by atoms with Gasteiger partial charge in [0, 0.05) is 23.7 Å². The number of aromatic nitrogens is 1. The molecule has 0 fully saturated rings. The molecule has 0 atom stereocenters. The Morgan fingerprint density at radius 1 is 1.20 bits per heavy atom. The van der Waals surface area contributed by atoms with Crippen LogP contribution < -0.4 is 4.80 Å². The van der Waals surface area contributed by atoms with Gasteiger partial charge in [-0.1, -0.05) is 40.6 Å². The second kappa shape index (κ2) is 8.15. The molecule has 0 aliphatic rings. The summed E-state index contributed by atoms with van der Waals surface area (Å²) >= 11 is 13.7. The van der Waals surface area contributed by atoms with Crippen molar-refractivity contribution in [1.82, 2.24) is 4.57 Å². The number of hydrogen-bond acceptors (Lipinski definition) is 3. The van der Waals surface area contributed by atoms with Gasteiger partial charge in [-0.2, -0.15) is 4.99 Å². The molecule has 3 aromatic rings. The van der Waals surface area contributed by atoms with E-state index in [9.17, 15) is 4.79 Å². The predicted molar refractivity (Wildman–Crippen MR) is 103 cm³/mol. The minimum absolute atomic E-state index is 0.315. The number of benzene rings is 2. The van der Waals surface area contributed by atoms with Crippen LogP contribution in [0.3, 0.4) is 0 Å². The van der Waals surface area contributed by atoms with Gasteiger partial charge < -0.3 is 9.30 Å². The molecule has 0 unspecified atom stereocenters. The fourth-order valence-corrected chi connectivity index (χ4v) is 3.96. The van der Waals surface area contributed by atoms with Crippen molar-refractivity contribution in [2.24, 2.45) is 4.99 Å². The Morgan fingerprint density at radius 2 is 1.96 bits per heavy atom. The number of nitrogens with zero attached hydrogens (tertiary/aromatic N) is 2. The maximum absolute atomic E-state index is 12.5. The highest BCUT2D eigenvalue weighted by molar-refractivity contribution is 7.16. The first-order chi connectivity index (χ1) is 12.1. The Kier molecular flexibility index (Phi) is 5.91. The summed E-state index contributed by atoms with van der Waals surface area (Å²) in [4.78, 5) is 17.4. The smallest absolute Gasteiger partial charge is 0.279 e. The van der Waals surface area contributed by atoms with Crippen molar-refractivity contribution < 1.29 is 9.53 Å². The number of hydrogen-bond donors (Lipinski definition) is 0. The van der Waals surface area contributed by atoms with Gasteiger partial charge in [0.25, 0.3) is 5.91 Å². The molecule has 1 amide bonds.